The van der Waals surface area contributed by atoms with Crippen molar-refractivity contribution in [1.29, 1.82) is 0 Å². The zero-order chi connectivity index (χ0) is 29.1. The fourth-order valence-electron chi connectivity index (χ4n) is 6.27. The molecule has 0 aromatic heterocycles. The van der Waals surface area contributed by atoms with Crippen molar-refractivity contribution in [3.8, 4) is 0 Å². The Hall–Kier alpha value is -1.37. The summed E-state index contributed by atoms with van der Waals surface area (Å²) >= 11 is 0. The zero-order valence-corrected chi connectivity index (χ0v) is 24.9. The lowest BCUT2D eigenvalue weighted by Gasteiger charge is -2.38. The predicted molar refractivity (Wildman–Crippen MR) is 149 cm³/mol. The number of aliphatic hydroxyl groups excluding tert-OH is 2. The van der Waals surface area contributed by atoms with Crippen LogP contribution in [0.5, 0.6) is 0 Å². The largest absolute Gasteiger partial charge is 0.394 e. The van der Waals surface area contributed by atoms with E-state index in [2.05, 4.69) is 13.5 Å². The SMILES string of the molecule is C=C1C(C[C@@H]2O[C@H](CC3COC(C)(C)O3)[C@H](OC)[C@H]2CS(=O)(=O)c2ccccc2)O[C@@H](CCC(O)CO)C[C@H]1C. The van der Waals surface area contributed by atoms with Gasteiger partial charge in [0.05, 0.1) is 66.6 Å². The highest BCUT2D eigenvalue weighted by molar-refractivity contribution is 7.91. The lowest BCUT2D eigenvalue weighted by Crippen LogP contribution is -2.40. The van der Waals surface area contributed by atoms with Gasteiger partial charge in [0.2, 0.25) is 0 Å². The third kappa shape index (κ3) is 7.72. The summed E-state index contributed by atoms with van der Waals surface area (Å²) in [5.74, 6) is -1.03. The number of ether oxygens (including phenoxy) is 5. The summed E-state index contributed by atoms with van der Waals surface area (Å²) in [6.45, 7) is 10.3. The maximum absolute atomic E-state index is 13.5. The van der Waals surface area contributed by atoms with Crippen LogP contribution in [0.4, 0.5) is 0 Å². The topological polar surface area (TPSA) is 121 Å². The minimum atomic E-state index is -3.62. The van der Waals surface area contributed by atoms with E-state index >= 15 is 0 Å². The van der Waals surface area contributed by atoms with Crippen LogP contribution < -0.4 is 0 Å². The molecule has 226 valence electrons. The van der Waals surface area contributed by atoms with Gasteiger partial charge in [0.15, 0.2) is 15.6 Å². The van der Waals surface area contributed by atoms with Crippen LogP contribution in [0.3, 0.4) is 0 Å². The van der Waals surface area contributed by atoms with Crippen molar-refractivity contribution in [3.05, 3.63) is 42.5 Å². The number of rotatable bonds is 12. The molecular weight excluding hydrogens is 536 g/mol. The first-order valence-electron chi connectivity index (χ1n) is 14.3. The molecule has 0 saturated carbocycles. The molecule has 9 nitrogen and oxygen atoms in total. The third-order valence-corrected chi connectivity index (χ3v) is 10.3. The Morgan fingerprint density at radius 2 is 1.85 bits per heavy atom. The molecule has 0 radical (unpaired) electrons. The van der Waals surface area contributed by atoms with Gasteiger partial charge in [-0.1, -0.05) is 31.7 Å². The van der Waals surface area contributed by atoms with E-state index in [-0.39, 0.29) is 47.6 Å². The monoisotopic (exact) mass is 582 g/mol. The zero-order valence-electron chi connectivity index (χ0n) is 24.1. The van der Waals surface area contributed by atoms with Crippen molar-refractivity contribution < 1.29 is 42.3 Å². The van der Waals surface area contributed by atoms with Crippen molar-refractivity contribution in [1.82, 2.24) is 0 Å². The van der Waals surface area contributed by atoms with Gasteiger partial charge < -0.3 is 33.9 Å². The van der Waals surface area contributed by atoms with E-state index in [4.69, 9.17) is 23.7 Å². The fourth-order valence-corrected chi connectivity index (χ4v) is 7.94. The summed E-state index contributed by atoms with van der Waals surface area (Å²) < 4.78 is 57.8. The molecule has 3 unspecified atom stereocenters. The van der Waals surface area contributed by atoms with E-state index in [0.717, 1.165) is 12.0 Å². The van der Waals surface area contributed by atoms with Crippen molar-refractivity contribution in [3.63, 3.8) is 0 Å². The lowest BCUT2D eigenvalue weighted by atomic mass is 9.83. The fraction of sp³-hybridized carbons (Fsp3) is 0.733. The molecule has 3 heterocycles. The van der Waals surface area contributed by atoms with E-state index in [9.17, 15) is 18.6 Å². The molecule has 1 aromatic carbocycles. The van der Waals surface area contributed by atoms with Gasteiger partial charge in [-0.05, 0) is 56.7 Å². The first-order valence-corrected chi connectivity index (χ1v) is 16.0. The molecule has 40 heavy (non-hydrogen) atoms. The molecule has 0 spiro atoms. The van der Waals surface area contributed by atoms with Crippen LogP contribution in [0.2, 0.25) is 0 Å². The van der Waals surface area contributed by atoms with Crippen LogP contribution in [0.1, 0.15) is 52.9 Å². The molecule has 1 aromatic rings. The van der Waals surface area contributed by atoms with Crippen LogP contribution >= 0.6 is 0 Å². The Kier molecular flexibility index (Phi) is 10.5. The van der Waals surface area contributed by atoms with Gasteiger partial charge in [-0.3, -0.25) is 0 Å². The first kappa shape index (κ1) is 31.6. The van der Waals surface area contributed by atoms with Crippen molar-refractivity contribution in [2.75, 3.05) is 26.1 Å². The van der Waals surface area contributed by atoms with Gasteiger partial charge in [-0.15, -0.1) is 0 Å². The molecule has 0 aliphatic carbocycles. The van der Waals surface area contributed by atoms with Gasteiger partial charge in [0.25, 0.3) is 0 Å². The van der Waals surface area contributed by atoms with Gasteiger partial charge in [0.1, 0.15) is 0 Å². The van der Waals surface area contributed by atoms with Gasteiger partial charge in [-0.2, -0.15) is 0 Å². The number of sulfone groups is 1. The summed E-state index contributed by atoms with van der Waals surface area (Å²) in [7, 11) is -2.02. The molecule has 0 amide bonds. The molecule has 3 saturated heterocycles. The summed E-state index contributed by atoms with van der Waals surface area (Å²) in [6.07, 6.45) is 0.138. The number of benzene rings is 1. The van der Waals surface area contributed by atoms with Crippen LogP contribution in [0, 0.1) is 11.8 Å². The number of hydrogen-bond donors (Lipinski definition) is 2. The standard InChI is InChI=1S/C30H46O9S/c1-19-13-22(12-11-21(32)16-31)37-26(20(19)2)15-27-25(18-40(33,34)24-9-7-6-8-10-24)29(35-5)28(38-27)14-23-17-36-30(3,4)39-23/h6-10,19,21-23,25-29,31-32H,2,11-18H2,1,3-5H3/t19-,21?,22+,23?,25+,26?,27+,28-,29-/m1/s1. The Bertz CT molecular complexity index is 1080. The van der Waals surface area contributed by atoms with E-state index < -0.39 is 39.9 Å². The van der Waals surface area contributed by atoms with E-state index in [1.807, 2.05) is 13.8 Å². The Balaban J connectivity index is 1.54. The third-order valence-electron chi connectivity index (χ3n) is 8.46. The predicted octanol–water partition coefficient (Wildman–Crippen LogP) is 3.27. The second-order valence-corrected chi connectivity index (χ2v) is 14.0. The van der Waals surface area contributed by atoms with Crippen LogP contribution in [-0.2, 0) is 33.5 Å². The Morgan fingerprint density at radius 1 is 1.12 bits per heavy atom. The van der Waals surface area contributed by atoms with Crippen LogP contribution in [0.25, 0.3) is 0 Å². The molecule has 0 bridgehead atoms. The van der Waals surface area contributed by atoms with Crippen molar-refractivity contribution >= 4 is 9.84 Å². The number of methoxy groups -OCH3 is 1. The summed E-state index contributed by atoms with van der Waals surface area (Å²) in [6, 6.07) is 8.47. The van der Waals surface area contributed by atoms with Crippen LogP contribution in [0.15, 0.2) is 47.4 Å². The Labute approximate surface area is 238 Å². The average molecular weight is 583 g/mol. The van der Waals surface area contributed by atoms with Gasteiger partial charge in [-0.25, -0.2) is 8.42 Å². The molecule has 3 fully saturated rings. The lowest BCUT2D eigenvalue weighted by molar-refractivity contribution is -0.144. The second kappa shape index (κ2) is 13.3. The second-order valence-electron chi connectivity index (χ2n) is 12.0. The normalized spacial score (nSPS) is 35.2. The molecule has 3 aliphatic rings. The first-order chi connectivity index (χ1) is 18.9. The molecule has 2 N–H and O–H groups in total. The highest BCUT2D eigenvalue weighted by atomic mass is 32.2. The maximum atomic E-state index is 13.5. The smallest absolute Gasteiger partial charge is 0.178 e. The molecule has 3 aliphatic heterocycles. The van der Waals surface area contributed by atoms with Crippen molar-refractivity contribution in [2.24, 2.45) is 11.8 Å². The maximum Gasteiger partial charge on any atom is 0.178 e. The highest BCUT2D eigenvalue weighted by Gasteiger charge is 2.50. The Morgan fingerprint density at radius 3 is 2.48 bits per heavy atom. The minimum Gasteiger partial charge on any atom is -0.394 e. The van der Waals surface area contributed by atoms with Crippen LogP contribution in [-0.4, -0.2) is 93.2 Å². The molecular formula is C30H46O9S. The molecule has 9 atom stereocenters. The van der Waals surface area contributed by atoms with E-state index in [1.54, 1.807) is 37.4 Å². The number of aliphatic hydroxyl groups is 2. The van der Waals surface area contributed by atoms with Crippen molar-refractivity contribution in [2.45, 2.75) is 106 Å². The summed E-state index contributed by atoms with van der Waals surface area (Å²) in [4.78, 5) is 0.274. The molecule has 10 heteroatoms. The average Bonchev–Trinajstić information content (AvgIpc) is 3.42. The van der Waals surface area contributed by atoms with E-state index in [1.165, 1.54) is 0 Å². The quantitative estimate of drug-likeness (QED) is 0.358. The van der Waals surface area contributed by atoms with Gasteiger partial charge >= 0.3 is 0 Å². The molecule has 4 rings (SSSR count). The summed E-state index contributed by atoms with van der Waals surface area (Å²) in [5.41, 5.74) is 0.957. The van der Waals surface area contributed by atoms with Gasteiger partial charge in [0, 0.05) is 25.9 Å². The van der Waals surface area contributed by atoms with E-state index in [0.29, 0.717) is 32.3 Å². The minimum absolute atomic E-state index is 0.0973. The number of hydrogen-bond acceptors (Lipinski definition) is 9. The highest BCUT2D eigenvalue weighted by Crippen LogP contribution is 2.41. The summed E-state index contributed by atoms with van der Waals surface area (Å²) in [5, 5.41) is 19.0.